The minimum Gasteiger partial charge on any atom is -0.370 e. The molecule has 6 heteroatoms. The van der Waals surface area contributed by atoms with Gasteiger partial charge in [0, 0.05) is 23.1 Å². The van der Waals surface area contributed by atoms with E-state index in [1.807, 2.05) is 30.3 Å². The van der Waals surface area contributed by atoms with Crippen molar-refractivity contribution in [2.75, 3.05) is 23.3 Å². The first-order chi connectivity index (χ1) is 12.1. The molecule has 0 spiro atoms. The minimum atomic E-state index is -0.228. The van der Waals surface area contributed by atoms with Crippen molar-refractivity contribution >= 4 is 50.5 Å². The molecule has 1 amide bonds. The van der Waals surface area contributed by atoms with Crippen LogP contribution >= 0.6 is 28.1 Å². The number of benzene rings is 2. The van der Waals surface area contributed by atoms with Crippen molar-refractivity contribution in [3.63, 3.8) is 0 Å². The number of amides is 1. The number of nitrogens with zero attached hydrogens (tertiary/aromatic N) is 1. The van der Waals surface area contributed by atoms with Gasteiger partial charge >= 0.3 is 0 Å². The van der Waals surface area contributed by atoms with Crippen LogP contribution in [0.1, 0.15) is 29.6 Å². The molecular weight excluding hydrogens is 398 g/mol. The van der Waals surface area contributed by atoms with Crippen molar-refractivity contribution in [1.29, 1.82) is 0 Å². The van der Waals surface area contributed by atoms with Crippen molar-refractivity contribution in [1.82, 2.24) is 5.32 Å². The zero-order valence-corrected chi connectivity index (χ0v) is 16.2. The van der Waals surface area contributed by atoms with Crippen LogP contribution in [0.3, 0.4) is 0 Å². The van der Waals surface area contributed by atoms with E-state index in [1.165, 1.54) is 19.3 Å². The van der Waals surface area contributed by atoms with Gasteiger partial charge in [0.1, 0.15) is 0 Å². The summed E-state index contributed by atoms with van der Waals surface area (Å²) in [6, 6.07) is 15.3. The van der Waals surface area contributed by atoms with E-state index in [4.69, 9.17) is 12.2 Å². The molecule has 0 aromatic heterocycles. The molecule has 2 aromatic carbocycles. The summed E-state index contributed by atoms with van der Waals surface area (Å²) >= 11 is 8.70. The summed E-state index contributed by atoms with van der Waals surface area (Å²) in [5, 5.41) is 6.21. The molecule has 1 aliphatic heterocycles. The van der Waals surface area contributed by atoms with E-state index in [9.17, 15) is 4.79 Å². The molecule has 3 rings (SSSR count). The number of piperidine rings is 1. The molecule has 0 radical (unpaired) electrons. The third kappa shape index (κ3) is 4.80. The fourth-order valence-corrected chi connectivity index (χ4v) is 3.55. The first-order valence-corrected chi connectivity index (χ1v) is 9.55. The Balaban J connectivity index is 1.68. The minimum absolute atomic E-state index is 0.228. The van der Waals surface area contributed by atoms with Crippen molar-refractivity contribution in [3.05, 3.63) is 58.6 Å². The lowest BCUT2D eigenvalue weighted by Crippen LogP contribution is -2.35. The largest absolute Gasteiger partial charge is 0.370 e. The predicted molar refractivity (Wildman–Crippen MR) is 110 cm³/mol. The van der Waals surface area contributed by atoms with Gasteiger partial charge in [-0.05, 0) is 61.8 Å². The van der Waals surface area contributed by atoms with E-state index >= 15 is 0 Å². The maximum Gasteiger partial charge on any atom is 0.257 e. The lowest BCUT2D eigenvalue weighted by atomic mass is 10.1. The van der Waals surface area contributed by atoms with Crippen molar-refractivity contribution in [3.8, 4) is 0 Å². The summed E-state index contributed by atoms with van der Waals surface area (Å²) in [4.78, 5) is 14.7. The summed E-state index contributed by atoms with van der Waals surface area (Å²) < 4.78 is 0.856. The molecule has 1 aliphatic rings. The average molecular weight is 418 g/mol. The first-order valence-electron chi connectivity index (χ1n) is 8.35. The van der Waals surface area contributed by atoms with Crippen molar-refractivity contribution in [2.45, 2.75) is 19.3 Å². The van der Waals surface area contributed by atoms with E-state index in [0.29, 0.717) is 10.7 Å². The number of anilines is 2. The molecule has 2 aromatic rings. The Morgan fingerprint density at radius 1 is 1.04 bits per heavy atom. The summed E-state index contributed by atoms with van der Waals surface area (Å²) in [5.74, 6) is -0.228. The standard InChI is InChI=1S/C19H20BrN3OS/c20-15-8-6-7-14(13-15)18(24)22-19(25)21-16-9-2-3-10-17(16)23-11-4-1-5-12-23/h2-3,6-10,13H,1,4-5,11-12H2,(H2,21,22,24,25). The number of carbonyl (C=O) groups is 1. The topological polar surface area (TPSA) is 44.4 Å². The van der Waals surface area contributed by atoms with E-state index in [1.54, 1.807) is 12.1 Å². The Bertz CT molecular complexity index is 775. The smallest absolute Gasteiger partial charge is 0.257 e. The third-order valence-corrected chi connectivity index (χ3v) is 4.86. The second-order valence-corrected chi connectivity index (χ2v) is 7.31. The zero-order chi connectivity index (χ0) is 17.6. The Kier molecular flexibility index (Phi) is 6.04. The van der Waals surface area contributed by atoms with Crippen LogP contribution in [0.2, 0.25) is 0 Å². The van der Waals surface area contributed by atoms with Gasteiger partial charge in [-0.2, -0.15) is 0 Å². The second-order valence-electron chi connectivity index (χ2n) is 5.98. The summed E-state index contributed by atoms with van der Waals surface area (Å²) in [6.07, 6.45) is 3.70. The van der Waals surface area contributed by atoms with Gasteiger partial charge in [-0.25, -0.2) is 0 Å². The van der Waals surface area contributed by atoms with Gasteiger partial charge in [0.15, 0.2) is 5.11 Å². The number of rotatable bonds is 3. The lowest BCUT2D eigenvalue weighted by molar-refractivity contribution is 0.0977. The van der Waals surface area contributed by atoms with E-state index < -0.39 is 0 Å². The fourth-order valence-electron chi connectivity index (χ4n) is 2.95. The van der Waals surface area contributed by atoms with Crippen LogP contribution in [0.25, 0.3) is 0 Å². The van der Waals surface area contributed by atoms with Gasteiger partial charge in [0.25, 0.3) is 5.91 Å². The normalized spacial score (nSPS) is 14.0. The fraction of sp³-hybridized carbons (Fsp3) is 0.263. The Morgan fingerprint density at radius 3 is 2.56 bits per heavy atom. The van der Waals surface area contributed by atoms with Gasteiger partial charge < -0.3 is 10.2 Å². The number of nitrogens with one attached hydrogen (secondary N) is 2. The van der Waals surface area contributed by atoms with Crippen LogP contribution < -0.4 is 15.5 Å². The molecule has 4 nitrogen and oxygen atoms in total. The molecule has 2 N–H and O–H groups in total. The number of hydrogen-bond donors (Lipinski definition) is 2. The molecule has 0 aliphatic carbocycles. The highest BCUT2D eigenvalue weighted by Gasteiger charge is 2.15. The molecule has 1 heterocycles. The highest BCUT2D eigenvalue weighted by molar-refractivity contribution is 9.10. The Morgan fingerprint density at radius 2 is 1.80 bits per heavy atom. The van der Waals surface area contributed by atoms with E-state index in [-0.39, 0.29) is 5.91 Å². The van der Waals surface area contributed by atoms with Crippen molar-refractivity contribution in [2.24, 2.45) is 0 Å². The highest BCUT2D eigenvalue weighted by Crippen LogP contribution is 2.28. The molecule has 0 unspecified atom stereocenters. The summed E-state index contributed by atoms with van der Waals surface area (Å²) in [7, 11) is 0. The number of halogens is 1. The average Bonchev–Trinajstić information content (AvgIpc) is 2.63. The summed E-state index contributed by atoms with van der Waals surface area (Å²) in [5.41, 5.74) is 2.60. The summed E-state index contributed by atoms with van der Waals surface area (Å²) in [6.45, 7) is 2.10. The number of carbonyl (C=O) groups excluding carboxylic acids is 1. The highest BCUT2D eigenvalue weighted by atomic mass is 79.9. The van der Waals surface area contributed by atoms with Gasteiger partial charge in [-0.3, -0.25) is 10.1 Å². The SMILES string of the molecule is O=C(NC(=S)Nc1ccccc1N1CCCCC1)c1cccc(Br)c1. The van der Waals surface area contributed by atoms with Crippen LogP contribution in [0.15, 0.2) is 53.0 Å². The molecule has 1 fully saturated rings. The van der Waals surface area contributed by atoms with Crippen LogP contribution in [0.5, 0.6) is 0 Å². The monoisotopic (exact) mass is 417 g/mol. The molecule has 0 atom stereocenters. The lowest BCUT2D eigenvalue weighted by Gasteiger charge is -2.30. The second kappa shape index (κ2) is 8.45. The maximum absolute atomic E-state index is 12.3. The van der Waals surface area contributed by atoms with Crippen LogP contribution in [0, 0.1) is 0 Å². The van der Waals surface area contributed by atoms with Gasteiger partial charge in [-0.15, -0.1) is 0 Å². The van der Waals surface area contributed by atoms with E-state index in [2.05, 4.69) is 37.5 Å². The van der Waals surface area contributed by atoms with Crippen LogP contribution in [-0.4, -0.2) is 24.1 Å². The molecule has 1 saturated heterocycles. The van der Waals surface area contributed by atoms with Crippen LogP contribution in [0.4, 0.5) is 11.4 Å². The quantitative estimate of drug-likeness (QED) is 0.717. The molecular formula is C19H20BrN3OS. The molecule has 25 heavy (non-hydrogen) atoms. The molecule has 0 saturated carbocycles. The third-order valence-electron chi connectivity index (χ3n) is 4.16. The van der Waals surface area contributed by atoms with Gasteiger partial charge in [-0.1, -0.05) is 34.1 Å². The van der Waals surface area contributed by atoms with Crippen LogP contribution in [-0.2, 0) is 0 Å². The number of para-hydroxylation sites is 2. The Labute approximate surface area is 161 Å². The zero-order valence-electron chi connectivity index (χ0n) is 13.8. The number of hydrogen-bond acceptors (Lipinski definition) is 3. The number of thiocarbonyl (C=S) groups is 1. The molecule has 0 bridgehead atoms. The van der Waals surface area contributed by atoms with E-state index in [0.717, 1.165) is 28.9 Å². The van der Waals surface area contributed by atoms with Crippen molar-refractivity contribution < 1.29 is 4.79 Å². The molecule has 130 valence electrons. The van der Waals surface area contributed by atoms with Gasteiger partial charge in [0.2, 0.25) is 0 Å². The predicted octanol–water partition coefficient (Wildman–Crippen LogP) is 4.57. The Hall–Kier alpha value is -1.92. The van der Waals surface area contributed by atoms with Gasteiger partial charge in [0.05, 0.1) is 11.4 Å². The maximum atomic E-state index is 12.3. The first kappa shape index (κ1) is 17.9.